The Labute approximate surface area is 120 Å². The largest absolute Gasteiger partial charge is 0.479 e. The molecule has 8 heteroatoms. The highest BCUT2D eigenvalue weighted by molar-refractivity contribution is 7.80. The summed E-state index contributed by atoms with van der Waals surface area (Å²) < 4.78 is 0. The first kappa shape index (κ1) is 16.6. The number of hydroxylamine groups is 2. The lowest BCUT2D eigenvalue weighted by atomic mass is 9.84. The maximum atomic E-state index is 12.2. The molecule has 0 aliphatic carbocycles. The van der Waals surface area contributed by atoms with Crippen LogP contribution in [0.2, 0.25) is 0 Å². The number of carboxylic acid groups (broad SMARTS) is 1. The molecule has 1 rings (SSSR count). The highest BCUT2D eigenvalue weighted by Gasteiger charge is 2.53. The van der Waals surface area contributed by atoms with Gasteiger partial charge in [0.05, 0.1) is 6.04 Å². The lowest BCUT2D eigenvalue weighted by molar-refractivity contribution is -0.347. The second kappa shape index (κ2) is 6.82. The molecule has 5 N–H and O–H groups in total. The Kier molecular flexibility index (Phi) is 5.66. The molecule has 1 unspecified atom stereocenters. The predicted molar refractivity (Wildman–Crippen MR) is 72.8 cm³/mol. The smallest absolute Gasteiger partial charge is 0.337 e. The van der Waals surface area contributed by atoms with Crippen molar-refractivity contribution in [2.75, 3.05) is 5.75 Å². The quantitative estimate of drug-likeness (QED) is 0.272. The Morgan fingerprint density at radius 1 is 1.30 bits per heavy atom. The Hall–Kier alpha value is -1.45. The molecular formula is C12H16N2O5S. The highest BCUT2D eigenvalue weighted by atomic mass is 32.1. The third kappa shape index (κ3) is 3.17. The minimum Gasteiger partial charge on any atom is -0.479 e. The van der Waals surface area contributed by atoms with Gasteiger partial charge in [-0.15, -0.1) is 0 Å². The van der Waals surface area contributed by atoms with Crippen molar-refractivity contribution < 1.29 is 25.1 Å². The Morgan fingerprint density at radius 2 is 1.85 bits per heavy atom. The summed E-state index contributed by atoms with van der Waals surface area (Å²) in [6.45, 7) is 0. The van der Waals surface area contributed by atoms with Crippen molar-refractivity contribution in [2.45, 2.75) is 18.0 Å². The van der Waals surface area contributed by atoms with Crippen LogP contribution in [-0.2, 0) is 16.0 Å². The molecule has 0 spiro atoms. The van der Waals surface area contributed by atoms with Crippen LogP contribution >= 0.6 is 12.6 Å². The molecule has 2 atom stereocenters. The van der Waals surface area contributed by atoms with Crippen molar-refractivity contribution >= 4 is 24.4 Å². The van der Waals surface area contributed by atoms with Gasteiger partial charge in [-0.3, -0.25) is 15.2 Å². The fourth-order valence-electron chi connectivity index (χ4n) is 1.80. The van der Waals surface area contributed by atoms with Gasteiger partial charge in [-0.2, -0.15) is 12.6 Å². The van der Waals surface area contributed by atoms with E-state index in [-0.39, 0.29) is 5.75 Å². The van der Waals surface area contributed by atoms with E-state index in [2.05, 4.69) is 12.6 Å². The first-order valence-corrected chi connectivity index (χ1v) is 6.35. The van der Waals surface area contributed by atoms with Crippen LogP contribution in [0, 0.1) is 0 Å². The zero-order chi connectivity index (χ0) is 15.3. The molecule has 0 amide bonds. The molecule has 0 aromatic heterocycles. The highest BCUT2D eigenvalue weighted by Crippen LogP contribution is 2.22. The van der Waals surface area contributed by atoms with Gasteiger partial charge in [0.25, 0.3) is 0 Å². The van der Waals surface area contributed by atoms with E-state index in [9.17, 15) is 25.1 Å². The lowest BCUT2D eigenvalue weighted by Gasteiger charge is -2.32. The van der Waals surface area contributed by atoms with Gasteiger partial charge in [0, 0.05) is 12.2 Å². The van der Waals surface area contributed by atoms with Crippen molar-refractivity contribution in [3.63, 3.8) is 0 Å². The lowest BCUT2D eigenvalue weighted by Crippen LogP contribution is -2.64. The van der Waals surface area contributed by atoms with Gasteiger partial charge in [0.15, 0.2) is 5.78 Å². The van der Waals surface area contributed by atoms with Gasteiger partial charge in [-0.05, 0) is 10.8 Å². The minimum absolute atomic E-state index is 0.115. The summed E-state index contributed by atoms with van der Waals surface area (Å²) in [5.74, 6) is -2.85. The maximum absolute atomic E-state index is 12.2. The Bertz CT molecular complexity index is 482. The van der Waals surface area contributed by atoms with Crippen LogP contribution < -0.4 is 5.73 Å². The summed E-state index contributed by atoms with van der Waals surface area (Å²) in [5, 5.41) is 27.3. The van der Waals surface area contributed by atoms with Crippen LogP contribution in [0.5, 0.6) is 0 Å². The third-order valence-corrected chi connectivity index (χ3v) is 3.33. The number of carbonyl (C=O) groups excluding carboxylic acids is 1. The average Bonchev–Trinajstić information content (AvgIpc) is 2.43. The van der Waals surface area contributed by atoms with Crippen LogP contribution in [0.15, 0.2) is 30.3 Å². The molecule has 20 heavy (non-hydrogen) atoms. The van der Waals surface area contributed by atoms with Gasteiger partial charge in [0.1, 0.15) is 0 Å². The van der Waals surface area contributed by atoms with Gasteiger partial charge in [-0.1, -0.05) is 30.3 Å². The third-order valence-electron chi connectivity index (χ3n) is 2.94. The van der Waals surface area contributed by atoms with Crippen molar-refractivity contribution in [3.8, 4) is 0 Å². The van der Waals surface area contributed by atoms with Crippen LogP contribution in [0.3, 0.4) is 0 Å². The fourth-order valence-corrected chi connectivity index (χ4v) is 1.97. The average molecular weight is 300 g/mol. The molecule has 0 radical (unpaired) electrons. The number of nitrogens with two attached hydrogens (primary N) is 1. The molecule has 0 saturated heterocycles. The number of carboxylic acids is 1. The molecule has 1 aromatic rings. The topological polar surface area (TPSA) is 124 Å². The molecule has 0 bridgehead atoms. The summed E-state index contributed by atoms with van der Waals surface area (Å²) >= 11 is 3.83. The normalized spacial score (nSPS) is 15.7. The first-order chi connectivity index (χ1) is 9.36. The van der Waals surface area contributed by atoms with Crippen LogP contribution in [-0.4, -0.2) is 49.8 Å². The van der Waals surface area contributed by atoms with Crippen LogP contribution in [0.4, 0.5) is 0 Å². The number of ketones is 1. The monoisotopic (exact) mass is 300 g/mol. The molecule has 110 valence electrons. The number of carbonyl (C=O) groups is 2. The van der Waals surface area contributed by atoms with Crippen LogP contribution in [0.25, 0.3) is 0 Å². The van der Waals surface area contributed by atoms with E-state index >= 15 is 0 Å². The summed E-state index contributed by atoms with van der Waals surface area (Å²) in [6.07, 6.45) is -0.434. The number of rotatable bonds is 7. The van der Waals surface area contributed by atoms with Crippen molar-refractivity contribution in [1.29, 1.82) is 0 Å². The first-order valence-electron chi connectivity index (χ1n) is 5.72. The van der Waals surface area contributed by atoms with Gasteiger partial charge in [-0.25, -0.2) is 4.79 Å². The zero-order valence-electron chi connectivity index (χ0n) is 10.5. The number of benzene rings is 1. The van der Waals surface area contributed by atoms with Crippen molar-refractivity contribution in [3.05, 3.63) is 35.9 Å². The number of hydrogen-bond acceptors (Lipinski definition) is 7. The number of thiol groups is 1. The van der Waals surface area contributed by atoms with E-state index in [1.54, 1.807) is 30.3 Å². The van der Waals surface area contributed by atoms with E-state index < -0.39 is 35.0 Å². The van der Waals surface area contributed by atoms with E-state index in [1.807, 2.05) is 0 Å². The zero-order valence-corrected chi connectivity index (χ0v) is 11.4. The van der Waals surface area contributed by atoms with Gasteiger partial charge >= 0.3 is 5.97 Å². The number of hydrogen-bond donors (Lipinski definition) is 5. The van der Waals surface area contributed by atoms with E-state index in [4.69, 9.17) is 5.73 Å². The summed E-state index contributed by atoms with van der Waals surface area (Å²) in [4.78, 5) is 23.6. The molecular weight excluding hydrogens is 284 g/mol. The predicted octanol–water partition coefficient (Wildman–Crippen LogP) is -0.0409. The molecule has 0 saturated carbocycles. The molecule has 7 nitrogen and oxygen atoms in total. The second-order valence-corrected chi connectivity index (χ2v) is 4.64. The maximum Gasteiger partial charge on any atom is 0.337 e. The SMILES string of the molecule is NC(CS)C(=O)[C@](Cc1ccccc1)(C(=O)O)N(O)O. The number of nitrogens with zero attached hydrogens (tertiary/aromatic N) is 1. The number of aliphatic carboxylic acids is 1. The summed E-state index contributed by atoms with van der Waals surface area (Å²) in [5.41, 5.74) is 3.37. The van der Waals surface area contributed by atoms with Gasteiger partial charge in [0.2, 0.25) is 5.54 Å². The van der Waals surface area contributed by atoms with Crippen LogP contribution in [0.1, 0.15) is 5.56 Å². The molecule has 0 aliphatic heterocycles. The van der Waals surface area contributed by atoms with Crippen molar-refractivity contribution in [2.24, 2.45) is 5.73 Å². The van der Waals surface area contributed by atoms with E-state index in [0.29, 0.717) is 5.56 Å². The van der Waals surface area contributed by atoms with E-state index in [1.165, 1.54) is 0 Å². The minimum atomic E-state index is -2.57. The van der Waals surface area contributed by atoms with Gasteiger partial charge < -0.3 is 10.8 Å². The Balaban J connectivity index is 3.26. The molecule has 0 aliphatic rings. The van der Waals surface area contributed by atoms with E-state index in [0.717, 1.165) is 0 Å². The Morgan fingerprint density at radius 3 is 2.25 bits per heavy atom. The molecule has 0 fully saturated rings. The molecule has 1 aromatic carbocycles. The molecule has 0 heterocycles. The summed E-state index contributed by atoms with van der Waals surface area (Å²) in [6, 6.07) is 6.90. The summed E-state index contributed by atoms with van der Waals surface area (Å²) in [7, 11) is 0. The standard InChI is InChI=1S/C12H16N2O5S/c13-9(7-20)10(15)12(11(16)17,14(18)19)6-8-4-2-1-3-5-8/h1-5,9,18-20H,6-7,13H2,(H,16,17)/t9?,12-/m1/s1. The second-order valence-electron chi connectivity index (χ2n) is 4.27. The van der Waals surface area contributed by atoms with Crippen molar-refractivity contribution in [1.82, 2.24) is 5.23 Å². The fraction of sp³-hybridized carbons (Fsp3) is 0.333. The number of Topliss-reactive ketones (excluding diaryl/α,β-unsaturated/α-hetero) is 1.